The van der Waals surface area contributed by atoms with Crippen LogP contribution in [0.15, 0.2) is 0 Å². The Labute approximate surface area is 102 Å². The third-order valence-corrected chi connectivity index (χ3v) is 1.83. The molecule has 0 aromatic heterocycles. The fraction of sp³-hybridized carbons (Fsp3) is 0.727. The summed E-state index contributed by atoms with van der Waals surface area (Å²) in [6.45, 7) is 4.27. The molecule has 0 aromatic rings. The number of hydrogen-bond donors (Lipinski definition) is 0. The highest BCUT2D eigenvalue weighted by Crippen LogP contribution is 2.11. The van der Waals surface area contributed by atoms with Crippen LogP contribution >= 0.6 is 0 Å². The van der Waals surface area contributed by atoms with Gasteiger partial charge in [0.25, 0.3) is 0 Å². The lowest BCUT2D eigenvalue weighted by molar-refractivity contribution is -0.295. The van der Waals surface area contributed by atoms with Crippen molar-refractivity contribution < 1.29 is 23.7 Å². The van der Waals surface area contributed by atoms with Gasteiger partial charge < -0.3 is 18.9 Å². The largest absolute Gasteiger partial charge is 0.338 e. The van der Waals surface area contributed by atoms with Crippen molar-refractivity contribution >= 4 is 5.91 Å². The molecule has 0 aliphatic heterocycles. The number of terminal acetylenes is 1. The van der Waals surface area contributed by atoms with E-state index in [2.05, 4.69) is 0 Å². The number of methoxy groups -OCH3 is 2. The van der Waals surface area contributed by atoms with Crippen LogP contribution < -0.4 is 0 Å². The first kappa shape index (κ1) is 15.9. The maximum Gasteiger partial charge on any atom is 0.306 e. The zero-order valence-electron chi connectivity index (χ0n) is 10.6. The maximum absolute atomic E-state index is 11.6. The monoisotopic (exact) mass is 245 g/mol. The number of amides is 1. The Hall–Kier alpha value is -1.13. The van der Waals surface area contributed by atoms with Gasteiger partial charge in [-0.25, -0.2) is 4.90 Å². The van der Waals surface area contributed by atoms with Gasteiger partial charge >= 0.3 is 5.91 Å². The summed E-state index contributed by atoms with van der Waals surface area (Å²) in [5.41, 5.74) is 0. The molecule has 0 heterocycles. The standard InChI is InChI=1S/C11H19NO5/c1-6-9(13)12(10(14-4)15-5)11(16-7-2)17-8-3/h1,10-11H,7-8H2,2-5H3. The topological polar surface area (TPSA) is 57.2 Å². The molecule has 0 aromatic carbocycles. The molecule has 0 radical (unpaired) electrons. The average molecular weight is 245 g/mol. The van der Waals surface area contributed by atoms with Gasteiger partial charge in [0.2, 0.25) is 12.8 Å². The van der Waals surface area contributed by atoms with Gasteiger partial charge in [0.15, 0.2) is 0 Å². The van der Waals surface area contributed by atoms with Crippen LogP contribution in [-0.2, 0) is 23.7 Å². The minimum absolute atomic E-state index is 0.360. The van der Waals surface area contributed by atoms with E-state index in [1.54, 1.807) is 13.8 Å². The first-order valence-electron chi connectivity index (χ1n) is 5.23. The van der Waals surface area contributed by atoms with Crippen molar-refractivity contribution in [3.8, 4) is 12.3 Å². The highest BCUT2D eigenvalue weighted by Gasteiger charge is 2.31. The Morgan fingerprint density at radius 1 is 1.18 bits per heavy atom. The summed E-state index contributed by atoms with van der Waals surface area (Å²) < 4.78 is 20.5. The summed E-state index contributed by atoms with van der Waals surface area (Å²) >= 11 is 0. The van der Waals surface area contributed by atoms with Gasteiger partial charge in [-0.3, -0.25) is 4.79 Å². The number of ether oxygens (including phenoxy) is 4. The molecular formula is C11H19NO5. The lowest BCUT2D eigenvalue weighted by Crippen LogP contribution is -2.51. The summed E-state index contributed by atoms with van der Waals surface area (Å²) in [5, 5.41) is 0. The van der Waals surface area contributed by atoms with Crippen molar-refractivity contribution in [3.05, 3.63) is 0 Å². The number of hydrogen-bond acceptors (Lipinski definition) is 5. The molecule has 6 nitrogen and oxygen atoms in total. The first-order chi connectivity index (χ1) is 8.15. The SMILES string of the molecule is C#CC(=O)N(C(OC)OC)C(OCC)OCC. The zero-order chi connectivity index (χ0) is 13.3. The molecule has 0 unspecified atom stereocenters. The Bertz CT molecular complexity index is 253. The number of carbonyl (C=O) groups excluding carboxylic acids is 1. The van der Waals surface area contributed by atoms with Crippen molar-refractivity contribution in [1.82, 2.24) is 4.90 Å². The highest BCUT2D eigenvalue weighted by atomic mass is 16.7. The van der Waals surface area contributed by atoms with Gasteiger partial charge in [0.1, 0.15) is 0 Å². The summed E-state index contributed by atoms with van der Waals surface area (Å²) in [7, 11) is 2.78. The molecule has 0 bridgehead atoms. The van der Waals surface area contributed by atoms with Crippen molar-refractivity contribution in [2.75, 3.05) is 27.4 Å². The predicted molar refractivity (Wildman–Crippen MR) is 60.5 cm³/mol. The highest BCUT2D eigenvalue weighted by molar-refractivity contribution is 5.93. The molecule has 0 saturated heterocycles. The maximum atomic E-state index is 11.6. The van der Waals surface area contributed by atoms with E-state index in [1.165, 1.54) is 14.2 Å². The molecule has 0 rings (SSSR count). The average Bonchev–Trinajstić information content (AvgIpc) is 2.35. The molecule has 0 N–H and O–H groups in total. The Balaban J connectivity index is 4.96. The van der Waals surface area contributed by atoms with Gasteiger partial charge in [-0.05, 0) is 19.8 Å². The summed E-state index contributed by atoms with van der Waals surface area (Å²) in [6.07, 6.45) is 3.20. The van der Waals surface area contributed by atoms with Gasteiger partial charge in [-0.15, -0.1) is 6.42 Å². The second-order valence-electron chi connectivity index (χ2n) is 2.85. The number of rotatable bonds is 8. The van der Waals surface area contributed by atoms with Crippen LogP contribution in [0, 0.1) is 12.3 Å². The number of nitrogens with zero attached hydrogens (tertiary/aromatic N) is 1. The third-order valence-electron chi connectivity index (χ3n) is 1.83. The van der Waals surface area contributed by atoms with Crippen LogP contribution in [0.5, 0.6) is 0 Å². The van der Waals surface area contributed by atoms with Gasteiger partial charge in [-0.1, -0.05) is 0 Å². The summed E-state index contributed by atoms with van der Waals surface area (Å²) in [4.78, 5) is 12.7. The smallest absolute Gasteiger partial charge is 0.306 e. The van der Waals surface area contributed by atoms with E-state index < -0.39 is 18.7 Å². The van der Waals surface area contributed by atoms with Gasteiger partial charge in [-0.2, -0.15) is 0 Å². The molecule has 0 spiro atoms. The van der Waals surface area contributed by atoms with Crippen LogP contribution in [0.3, 0.4) is 0 Å². The molecule has 0 aliphatic rings. The molecule has 6 heteroatoms. The van der Waals surface area contributed by atoms with E-state index in [9.17, 15) is 4.79 Å². The van der Waals surface area contributed by atoms with E-state index in [-0.39, 0.29) is 0 Å². The Kier molecular flexibility index (Phi) is 8.36. The van der Waals surface area contributed by atoms with Crippen molar-refractivity contribution in [3.63, 3.8) is 0 Å². The van der Waals surface area contributed by atoms with E-state index in [0.717, 1.165) is 4.90 Å². The molecule has 1 amide bonds. The van der Waals surface area contributed by atoms with Gasteiger partial charge in [0, 0.05) is 27.4 Å². The van der Waals surface area contributed by atoms with Crippen LogP contribution in [0.4, 0.5) is 0 Å². The minimum atomic E-state index is -0.957. The minimum Gasteiger partial charge on any atom is -0.338 e. The van der Waals surface area contributed by atoms with E-state index in [1.807, 2.05) is 5.92 Å². The predicted octanol–water partition coefficient (Wildman–Crippen LogP) is 0.381. The molecule has 0 aliphatic carbocycles. The molecule has 0 saturated carbocycles. The zero-order valence-corrected chi connectivity index (χ0v) is 10.6. The van der Waals surface area contributed by atoms with Gasteiger partial charge in [0.05, 0.1) is 0 Å². The lowest BCUT2D eigenvalue weighted by atomic mass is 10.5. The number of carbonyl (C=O) groups is 1. The second-order valence-corrected chi connectivity index (χ2v) is 2.85. The van der Waals surface area contributed by atoms with Crippen LogP contribution in [0.2, 0.25) is 0 Å². The molecular weight excluding hydrogens is 226 g/mol. The normalized spacial score (nSPS) is 10.6. The van der Waals surface area contributed by atoms with Crippen LogP contribution in [-0.4, -0.2) is 51.1 Å². The summed E-state index contributed by atoms with van der Waals surface area (Å²) in [6, 6.07) is 0. The van der Waals surface area contributed by atoms with Crippen LogP contribution in [0.1, 0.15) is 13.8 Å². The van der Waals surface area contributed by atoms with Crippen molar-refractivity contribution in [2.45, 2.75) is 26.7 Å². The molecule has 0 fully saturated rings. The van der Waals surface area contributed by atoms with E-state index >= 15 is 0 Å². The summed E-state index contributed by atoms with van der Waals surface area (Å²) in [5.74, 6) is 1.34. The Morgan fingerprint density at radius 3 is 1.94 bits per heavy atom. The van der Waals surface area contributed by atoms with Crippen molar-refractivity contribution in [1.29, 1.82) is 0 Å². The second kappa shape index (κ2) is 8.96. The van der Waals surface area contributed by atoms with Crippen molar-refractivity contribution in [2.24, 2.45) is 0 Å². The fourth-order valence-electron chi connectivity index (χ4n) is 1.18. The van der Waals surface area contributed by atoms with E-state index in [0.29, 0.717) is 13.2 Å². The molecule has 17 heavy (non-hydrogen) atoms. The van der Waals surface area contributed by atoms with E-state index in [4.69, 9.17) is 25.4 Å². The van der Waals surface area contributed by atoms with Crippen LogP contribution in [0.25, 0.3) is 0 Å². The quantitative estimate of drug-likeness (QED) is 0.457. The molecule has 98 valence electrons. The third kappa shape index (κ3) is 4.71. The lowest BCUT2D eigenvalue weighted by Gasteiger charge is -2.33. The Morgan fingerprint density at radius 2 is 1.65 bits per heavy atom. The molecule has 0 atom stereocenters. The fourth-order valence-corrected chi connectivity index (χ4v) is 1.18. The first-order valence-corrected chi connectivity index (χ1v) is 5.23.